The summed E-state index contributed by atoms with van der Waals surface area (Å²) in [6.45, 7) is 7.92. The first-order valence-electron chi connectivity index (χ1n) is 9.24. The number of rotatable bonds is 2. The SMILES string of the molecule is C=C1C(=O)O[C@@H]2[C@H]3O[C@]3(C)CCC=C(C)C(OC(=O)c3ccncc3)C[C@@H]12. The first-order chi connectivity index (χ1) is 12.9. The second-order valence-electron chi connectivity index (χ2n) is 7.71. The van der Waals surface area contributed by atoms with E-state index < -0.39 is 12.1 Å². The van der Waals surface area contributed by atoms with Crippen molar-refractivity contribution in [1.29, 1.82) is 0 Å². The van der Waals surface area contributed by atoms with Crippen molar-refractivity contribution in [1.82, 2.24) is 4.98 Å². The highest BCUT2D eigenvalue weighted by Gasteiger charge is 2.61. The van der Waals surface area contributed by atoms with Crippen molar-refractivity contribution in [2.24, 2.45) is 5.92 Å². The van der Waals surface area contributed by atoms with Crippen LogP contribution in [0.3, 0.4) is 0 Å². The van der Waals surface area contributed by atoms with Gasteiger partial charge in [0, 0.05) is 23.9 Å². The highest BCUT2D eigenvalue weighted by molar-refractivity contribution is 5.91. The summed E-state index contributed by atoms with van der Waals surface area (Å²) < 4.78 is 17.3. The number of allylic oxidation sites excluding steroid dienone is 1. The van der Waals surface area contributed by atoms with Crippen molar-refractivity contribution >= 4 is 11.9 Å². The van der Waals surface area contributed by atoms with Gasteiger partial charge in [0.05, 0.1) is 11.2 Å². The summed E-state index contributed by atoms with van der Waals surface area (Å²) in [6, 6.07) is 3.24. The van der Waals surface area contributed by atoms with E-state index in [1.54, 1.807) is 24.5 Å². The third-order valence-corrected chi connectivity index (χ3v) is 5.84. The molecule has 0 saturated carbocycles. The van der Waals surface area contributed by atoms with E-state index in [1.807, 2.05) is 6.92 Å². The van der Waals surface area contributed by atoms with Crippen LogP contribution in [-0.2, 0) is 19.0 Å². The van der Waals surface area contributed by atoms with E-state index in [-0.39, 0.29) is 29.7 Å². The van der Waals surface area contributed by atoms with Gasteiger partial charge in [0.1, 0.15) is 18.3 Å². The van der Waals surface area contributed by atoms with Crippen LogP contribution >= 0.6 is 0 Å². The second-order valence-corrected chi connectivity index (χ2v) is 7.71. The molecular weight excluding hydrogens is 346 g/mol. The quantitative estimate of drug-likeness (QED) is 0.345. The average Bonchev–Trinajstić information content (AvgIpc) is 3.25. The zero-order chi connectivity index (χ0) is 19.2. The summed E-state index contributed by atoms with van der Waals surface area (Å²) in [5, 5.41) is 0. The Balaban J connectivity index is 1.60. The number of ether oxygens (including phenoxy) is 3. The second kappa shape index (κ2) is 6.60. The molecule has 3 aliphatic rings. The Morgan fingerprint density at radius 3 is 2.85 bits per heavy atom. The molecule has 0 amide bonds. The molecule has 0 aromatic carbocycles. The maximum atomic E-state index is 12.5. The molecule has 3 heterocycles. The Kier molecular flexibility index (Phi) is 4.38. The molecular formula is C21H23NO5. The number of aromatic nitrogens is 1. The Morgan fingerprint density at radius 1 is 1.37 bits per heavy atom. The minimum Gasteiger partial charge on any atom is -0.455 e. The molecule has 5 atom stereocenters. The molecule has 2 fully saturated rings. The minimum atomic E-state index is -0.451. The molecule has 1 aromatic heterocycles. The zero-order valence-electron chi connectivity index (χ0n) is 15.5. The van der Waals surface area contributed by atoms with Gasteiger partial charge in [-0.15, -0.1) is 0 Å². The van der Waals surface area contributed by atoms with Crippen LogP contribution in [0, 0.1) is 5.92 Å². The van der Waals surface area contributed by atoms with Crippen LogP contribution in [0.1, 0.15) is 43.5 Å². The van der Waals surface area contributed by atoms with E-state index in [1.165, 1.54) is 0 Å². The Bertz CT molecular complexity index is 817. The molecule has 1 unspecified atom stereocenters. The first kappa shape index (κ1) is 17.9. The summed E-state index contributed by atoms with van der Waals surface area (Å²) in [5.41, 5.74) is 1.56. The van der Waals surface area contributed by atoms with Crippen LogP contribution in [0.2, 0.25) is 0 Å². The lowest BCUT2D eigenvalue weighted by Crippen LogP contribution is -2.33. The Labute approximate surface area is 158 Å². The van der Waals surface area contributed by atoms with Gasteiger partial charge in [0.25, 0.3) is 0 Å². The molecule has 2 aliphatic heterocycles. The van der Waals surface area contributed by atoms with Gasteiger partial charge in [0.15, 0.2) is 0 Å². The molecule has 0 radical (unpaired) electrons. The maximum Gasteiger partial charge on any atom is 0.338 e. The highest BCUT2D eigenvalue weighted by Crippen LogP contribution is 2.50. The molecule has 4 rings (SSSR count). The normalized spacial score (nSPS) is 35.4. The highest BCUT2D eigenvalue weighted by atomic mass is 16.6. The first-order valence-corrected chi connectivity index (χ1v) is 9.24. The van der Waals surface area contributed by atoms with E-state index in [9.17, 15) is 9.59 Å². The van der Waals surface area contributed by atoms with Gasteiger partial charge in [-0.05, 0) is 50.8 Å². The number of hydrogen-bond donors (Lipinski definition) is 0. The summed E-state index contributed by atoms with van der Waals surface area (Å²) in [4.78, 5) is 28.6. The lowest BCUT2D eigenvalue weighted by atomic mass is 9.83. The van der Waals surface area contributed by atoms with Gasteiger partial charge in [-0.2, -0.15) is 0 Å². The molecule has 6 heteroatoms. The minimum absolute atomic E-state index is 0.131. The van der Waals surface area contributed by atoms with E-state index in [0.717, 1.165) is 18.4 Å². The monoisotopic (exact) mass is 369 g/mol. The number of epoxide rings is 1. The predicted molar refractivity (Wildman–Crippen MR) is 96.8 cm³/mol. The molecule has 0 N–H and O–H groups in total. The Hall–Kier alpha value is -2.47. The van der Waals surface area contributed by atoms with Crippen molar-refractivity contribution in [3.63, 3.8) is 0 Å². The van der Waals surface area contributed by atoms with Crippen LogP contribution in [-0.4, -0.2) is 40.8 Å². The fraction of sp³-hybridized carbons (Fsp3) is 0.476. The molecule has 0 spiro atoms. The predicted octanol–water partition coefficient (Wildman–Crippen LogP) is 2.99. The maximum absolute atomic E-state index is 12.5. The largest absolute Gasteiger partial charge is 0.455 e. The van der Waals surface area contributed by atoms with Crippen LogP contribution in [0.5, 0.6) is 0 Å². The van der Waals surface area contributed by atoms with Crippen LogP contribution in [0.25, 0.3) is 0 Å². The molecule has 142 valence electrons. The van der Waals surface area contributed by atoms with E-state index in [0.29, 0.717) is 17.6 Å². The fourth-order valence-electron chi connectivity index (χ4n) is 4.01. The summed E-state index contributed by atoms with van der Waals surface area (Å²) in [7, 11) is 0. The van der Waals surface area contributed by atoms with E-state index in [2.05, 4.69) is 24.6 Å². The van der Waals surface area contributed by atoms with Gasteiger partial charge in [-0.3, -0.25) is 4.98 Å². The van der Waals surface area contributed by atoms with E-state index >= 15 is 0 Å². The molecule has 0 bridgehead atoms. The molecule has 1 aromatic rings. The van der Waals surface area contributed by atoms with Crippen molar-refractivity contribution < 1.29 is 23.8 Å². The van der Waals surface area contributed by atoms with Gasteiger partial charge < -0.3 is 14.2 Å². The third kappa shape index (κ3) is 3.30. The van der Waals surface area contributed by atoms with Crippen LogP contribution in [0.15, 0.2) is 48.3 Å². The number of hydrogen-bond acceptors (Lipinski definition) is 6. The van der Waals surface area contributed by atoms with Crippen molar-refractivity contribution in [3.05, 3.63) is 53.9 Å². The number of nitrogens with zero attached hydrogens (tertiary/aromatic N) is 1. The molecule has 6 nitrogen and oxygen atoms in total. The topological polar surface area (TPSA) is 78.0 Å². The number of carbonyl (C=O) groups is 2. The van der Waals surface area contributed by atoms with Gasteiger partial charge in [-0.1, -0.05) is 12.7 Å². The van der Waals surface area contributed by atoms with Crippen LogP contribution in [0.4, 0.5) is 0 Å². The zero-order valence-corrected chi connectivity index (χ0v) is 15.5. The van der Waals surface area contributed by atoms with E-state index in [4.69, 9.17) is 14.2 Å². The molecule has 2 saturated heterocycles. The fourth-order valence-corrected chi connectivity index (χ4v) is 4.01. The number of carbonyl (C=O) groups excluding carboxylic acids is 2. The molecule has 1 aliphatic carbocycles. The van der Waals surface area contributed by atoms with Crippen molar-refractivity contribution in [2.75, 3.05) is 0 Å². The van der Waals surface area contributed by atoms with Crippen LogP contribution < -0.4 is 0 Å². The van der Waals surface area contributed by atoms with Gasteiger partial charge in [0.2, 0.25) is 0 Å². The average molecular weight is 369 g/mol. The number of pyridine rings is 1. The van der Waals surface area contributed by atoms with Crippen molar-refractivity contribution in [2.45, 2.75) is 57.0 Å². The lowest BCUT2D eigenvalue weighted by molar-refractivity contribution is -0.140. The lowest BCUT2D eigenvalue weighted by Gasteiger charge is -2.25. The van der Waals surface area contributed by atoms with Gasteiger partial charge in [-0.25, -0.2) is 9.59 Å². The molecule has 27 heavy (non-hydrogen) atoms. The smallest absolute Gasteiger partial charge is 0.338 e. The summed E-state index contributed by atoms with van der Waals surface area (Å²) >= 11 is 0. The van der Waals surface area contributed by atoms with Gasteiger partial charge >= 0.3 is 11.9 Å². The Morgan fingerprint density at radius 2 is 2.11 bits per heavy atom. The standard InChI is InChI=1S/C21H23NO5/c1-12-5-4-8-21(3)18(27-21)17-15(13(2)19(23)26-17)11-16(12)25-20(24)14-6-9-22-10-7-14/h5-7,9-10,15-18H,2,4,8,11H2,1,3H3/t15-,16?,17-,18+,21+/m0/s1. The summed E-state index contributed by atoms with van der Waals surface area (Å²) in [6.07, 6.45) is 6.34. The van der Waals surface area contributed by atoms with Crippen molar-refractivity contribution in [3.8, 4) is 0 Å². The third-order valence-electron chi connectivity index (χ3n) is 5.84. The number of fused-ring (bicyclic) bond motifs is 3. The number of esters is 2. The summed E-state index contributed by atoms with van der Waals surface area (Å²) in [5.74, 6) is -1.03.